The highest BCUT2D eigenvalue weighted by Gasteiger charge is 2.18. The van der Waals surface area contributed by atoms with E-state index in [1.165, 1.54) is 6.20 Å². The van der Waals surface area contributed by atoms with E-state index in [9.17, 15) is 0 Å². The average molecular weight is 166 g/mol. The fourth-order valence-electron chi connectivity index (χ4n) is 0.829. The third-order valence-corrected chi connectivity index (χ3v) is 1.54. The van der Waals surface area contributed by atoms with Crippen LogP contribution in [0.2, 0.25) is 0 Å². The molecule has 0 aliphatic heterocycles. The molecular weight excluding hydrogens is 155 g/mol. The molecule has 2 radical (unpaired) electrons. The Bertz CT molecular complexity index is 265. The van der Waals surface area contributed by atoms with Crippen molar-refractivity contribution in [1.29, 1.82) is 0 Å². The van der Waals surface area contributed by atoms with E-state index in [1.807, 2.05) is 13.8 Å². The lowest BCUT2D eigenvalue weighted by Gasteiger charge is -2.16. The van der Waals surface area contributed by atoms with Crippen LogP contribution in [0.4, 0.5) is 0 Å². The van der Waals surface area contributed by atoms with Gasteiger partial charge in [-0.3, -0.25) is 0 Å². The fraction of sp³-hybridized carbons (Fsp3) is 0.571. The molecule has 0 unspecified atom stereocenters. The van der Waals surface area contributed by atoms with Crippen molar-refractivity contribution in [3.05, 3.63) is 18.0 Å². The molecule has 0 amide bonds. The zero-order chi connectivity index (χ0) is 9.35. The molecule has 2 N–H and O–H groups in total. The van der Waals surface area contributed by atoms with Gasteiger partial charge in [0.2, 0.25) is 5.81 Å². The van der Waals surface area contributed by atoms with Crippen molar-refractivity contribution in [3.8, 4) is 0 Å². The molecule has 0 saturated heterocycles. The number of aromatic nitrogens is 2. The van der Waals surface area contributed by atoms with Crippen LogP contribution in [0.5, 0.6) is 0 Å². The van der Waals surface area contributed by atoms with Gasteiger partial charge in [-0.15, -0.1) is 0 Å². The van der Waals surface area contributed by atoms with Crippen molar-refractivity contribution in [2.24, 2.45) is 0 Å². The van der Waals surface area contributed by atoms with Gasteiger partial charge in [0.15, 0.2) is 7.85 Å². The van der Waals surface area contributed by atoms with Crippen molar-refractivity contribution in [2.75, 3.05) is 0 Å². The first-order chi connectivity index (χ1) is 5.41. The van der Waals surface area contributed by atoms with Gasteiger partial charge in [0, 0.05) is 6.20 Å². The quantitative estimate of drug-likeness (QED) is 0.469. The molecule has 64 valence electrons. The van der Waals surface area contributed by atoms with Crippen LogP contribution in [0.3, 0.4) is 0 Å². The van der Waals surface area contributed by atoms with Gasteiger partial charge < -0.3 is 10.2 Å². The van der Waals surface area contributed by atoms with Crippen LogP contribution in [0, 0.1) is 0 Å². The highest BCUT2D eigenvalue weighted by molar-refractivity contribution is 6.10. The zero-order valence-corrected chi connectivity index (χ0v) is 7.10. The highest BCUT2D eigenvalue weighted by Crippen LogP contribution is 2.12. The van der Waals surface area contributed by atoms with E-state index in [0.717, 1.165) is 10.4 Å². The lowest BCUT2D eigenvalue weighted by Crippen LogP contribution is -2.33. The van der Waals surface area contributed by atoms with E-state index in [2.05, 4.69) is 5.10 Å². The summed E-state index contributed by atoms with van der Waals surface area (Å²) >= 11 is 0. The van der Waals surface area contributed by atoms with Crippen LogP contribution in [0.1, 0.15) is 25.5 Å². The van der Waals surface area contributed by atoms with E-state index in [-0.39, 0.29) is 5.92 Å². The summed E-state index contributed by atoms with van der Waals surface area (Å²) in [7, 11) is 4.98. The van der Waals surface area contributed by atoms with Crippen LogP contribution >= 0.6 is 0 Å². The van der Waals surface area contributed by atoms with E-state index < -0.39 is 5.81 Å². The molecule has 1 aromatic rings. The predicted molar refractivity (Wildman–Crippen MR) is 44.5 cm³/mol. The van der Waals surface area contributed by atoms with Gasteiger partial charge in [0.05, 0.1) is 5.69 Å². The molecule has 0 atom stereocenters. The van der Waals surface area contributed by atoms with Crippen molar-refractivity contribution in [2.45, 2.75) is 25.6 Å². The topological polar surface area (TPSA) is 58.3 Å². The summed E-state index contributed by atoms with van der Waals surface area (Å²) in [5, 5.41) is 21.7. The standard InChI is InChI=1S/C7H11BN2O2/c1-5(2)6-3-4-10(9-6)7(8,11)12/h3-5,11-12H,1-2H3. The number of hydrogen-bond acceptors (Lipinski definition) is 3. The van der Waals surface area contributed by atoms with Gasteiger partial charge >= 0.3 is 0 Å². The van der Waals surface area contributed by atoms with Gasteiger partial charge in [0.1, 0.15) is 0 Å². The third-order valence-electron chi connectivity index (χ3n) is 1.54. The Morgan fingerprint density at radius 3 is 2.42 bits per heavy atom. The molecule has 0 fully saturated rings. The molecule has 0 aliphatic rings. The van der Waals surface area contributed by atoms with Gasteiger partial charge in [-0.2, -0.15) is 5.10 Å². The number of aliphatic hydroxyl groups is 2. The first-order valence-corrected chi connectivity index (χ1v) is 3.71. The second-order valence-electron chi connectivity index (χ2n) is 3.03. The van der Waals surface area contributed by atoms with Crippen molar-refractivity contribution < 1.29 is 10.2 Å². The normalized spacial score (nSPS) is 12.4. The molecule has 0 aliphatic carbocycles. The maximum Gasteiger partial charge on any atom is 0.208 e. The number of nitrogens with zero attached hydrogens (tertiary/aromatic N) is 2. The minimum Gasteiger partial charge on any atom is -0.356 e. The smallest absolute Gasteiger partial charge is 0.208 e. The van der Waals surface area contributed by atoms with Crippen molar-refractivity contribution in [3.63, 3.8) is 0 Å². The molecule has 5 heteroatoms. The third kappa shape index (κ3) is 1.87. The molecule has 0 bridgehead atoms. The second-order valence-corrected chi connectivity index (χ2v) is 3.03. The minimum atomic E-state index is -2.40. The van der Waals surface area contributed by atoms with Crippen LogP contribution in [-0.4, -0.2) is 27.8 Å². The molecule has 0 saturated carbocycles. The Morgan fingerprint density at radius 1 is 1.58 bits per heavy atom. The summed E-state index contributed by atoms with van der Waals surface area (Å²) in [6.07, 6.45) is 1.43. The van der Waals surface area contributed by atoms with Gasteiger partial charge in [0.25, 0.3) is 0 Å². The minimum absolute atomic E-state index is 0.244. The molecule has 0 spiro atoms. The van der Waals surface area contributed by atoms with Crippen LogP contribution in [0.15, 0.2) is 12.3 Å². The summed E-state index contributed by atoms with van der Waals surface area (Å²) in [6, 6.07) is 1.69. The van der Waals surface area contributed by atoms with Crippen LogP contribution < -0.4 is 0 Å². The van der Waals surface area contributed by atoms with E-state index in [4.69, 9.17) is 18.1 Å². The SMILES string of the molecule is [B]C(O)(O)n1ccc(C(C)C)n1. The second kappa shape index (κ2) is 2.92. The predicted octanol–water partition coefficient (Wildman–Crippen LogP) is -0.273. The Balaban J connectivity index is 2.92. The Morgan fingerprint density at radius 2 is 2.17 bits per heavy atom. The van der Waals surface area contributed by atoms with E-state index >= 15 is 0 Å². The Kier molecular flexibility index (Phi) is 2.26. The average Bonchev–Trinajstić information content (AvgIpc) is 2.30. The fourth-order valence-corrected chi connectivity index (χ4v) is 0.829. The largest absolute Gasteiger partial charge is 0.356 e. The molecule has 4 nitrogen and oxygen atoms in total. The molecule has 0 aromatic carbocycles. The number of rotatable bonds is 2. The summed E-state index contributed by atoms with van der Waals surface area (Å²) in [5.74, 6) is -2.15. The molecule has 12 heavy (non-hydrogen) atoms. The molecule has 1 heterocycles. The van der Waals surface area contributed by atoms with Crippen LogP contribution in [-0.2, 0) is 5.81 Å². The lowest BCUT2D eigenvalue weighted by atomic mass is 10.1. The van der Waals surface area contributed by atoms with Crippen molar-refractivity contribution >= 4 is 7.85 Å². The first kappa shape index (κ1) is 9.28. The summed E-state index contributed by atoms with van der Waals surface area (Å²) < 4.78 is 0.905. The van der Waals surface area contributed by atoms with Gasteiger partial charge in [-0.25, -0.2) is 4.68 Å². The monoisotopic (exact) mass is 166 g/mol. The summed E-state index contributed by atoms with van der Waals surface area (Å²) in [4.78, 5) is 0. The zero-order valence-electron chi connectivity index (χ0n) is 7.10. The van der Waals surface area contributed by atoms with Crippen LogP contribution in [0.25, 0.3) is 0 Å². The summed E-state index contributed by atoms with van der Waals surface area (Å²) in [5.41, 5.74) is 0.771. The lowest BCUT2D eigenvalue weighted by molar-refractivity contribution is -0.160. The first-order valence-electron chi connectivity index (χ1n) is 3.71. The Hall–Kier alpha value is -0.805. The maximum absolute atomic E-state index is 8.92. The summed E-state index contributed by atoms with van der Waals surface area (Å²) in [6.45, 7) is 3.92. The molecule has 1 rings (SSSR count). The Labute approximate surface area is 72.2 Å². The highest BCUT2D eigenvalue weighted by atomic mass is 16.5. The van der Waals surface area contributed by atoms with Gasteiger partial charge in [-0.1, -0.05) is 13.8 Å². The number of hydrogen-bond donors (Lipinski definition) is 2. The van der Waals surface area contributed by atoms with E-state index in [1.54, 1.807) is 6.07 Å². The van der Waals surface area contributed by atoms with E-state index in [0.29, 0.717) is 0 Å². The van der Waals surface area contributed by atoms with Gasteiger partial charge in [-0.05, 0) is 12.0 Å². The molecular formula is C7H11BN2O2. The van der Waals surface area contributed by atoms with Crippen molar-refractivity contribution in [1.82, 2.24) is 9.78 Å². The maximum atomic E-state index is 8.92. The molecule has 1 aromatic heterocycles.